The van der Waals surface area contributed by atoms with Crippen LogP contribution in [0, 0.1) is 0 Å². The predicted molar refractivity (Wildman–Crippen MR) is 75.1 cm³/mol. The van der Waals surface area contributed by atoms with Gasteiger partial charge >= 0.3 is 0 Å². The van der Waals surface area contributed by atoms with Crippen molar-refractivity contribution in [3.05, 3.63) is 24.3 Å². The minimum Gasteiger partial charge on any atom is -0.381 e. The molecule has 0 bridgehead atoms. The number of hydrogen-bond donors (Lipinski definition) is 2. The Morgan fingerprint density at radius 2 is 2.11 bits per heavy atom. The highest BCUT2D eigenvalue weighted by Gasteiger charge is 2.31. The fourth-order valence-electron chi connectivity index (χ4n) is 2.29. The van der Waals surface area contributed by atoms with Crippen molar-refractivity contribution >= 4 is 26.7 Å². The number of fused-ring (bicyclic) bond motifs is 1. The standard InChI is InChI=1S/C13H17N3OS/c14-9-13(5-7-17-8-6-13)16-12-15-10-3-1-2-4-11(10)18-12/h1-4H,5-9,14H2,(H,15,16). The quantitative estimate of drug-likeness (QED) is 0.891. The molecule has 0 atom stereocenters. The van der Waals surface area contributed by atoms with Crippen LogP contribution in [-0.2, 0) is 4.74 Å². The highest BCUT2D eigenvalue weighted by molar-refractivity contribution is 7.22. The van der Waals surface area contributed by atoms with Crippen LogP contribution in [0.15, 0.2) is 24.3 Å². The van der Waals surface area contributed by atoms with E-state index in [1.807, 2.05) is 18.2 Å². The molecule has 0 aliphatic carbocycles. The van der Waals surface area contributed by atoms with Crippen LogP contribution in [0.2, 0.25) is 0 Å². The number of nitrogens with one attached hydrogen (secondary N) is 1. The second kappa shape index (κ2) is 4.84. The Labute approximate surface area is 110 Å². The van der Waals surface area contributed by atoms with Gasteiger partial charge in [-0.3, -0.25) is 0 Å². The Kier molecular flexibility index (Phi) is 3.20. The van der Waals surface area contributed by atoms with Gasteiger partial charge in [0.15, 0.2) is 5.13 Å². The monoisotopic (exact) mass is 263 g/mol. The van der Waals surface area contributed by atoms with Gasteiger partial charge in [-0.15, -0.1) is 0 Å². The third kappa shape index (κ3) is 2.21. The normalized spacial score (nSPS) is 18.9. The molecule has 1 saturated heterocycles. The largest absolute Gasteiger partial charge is 0.381 e. The van der Waals surface area contributed by atoms with Crippen molar-refractivity contribution in [3.63, 3.8) is 0 Å². The predicted octanol–water partition coefficient (Wildman–Crippen LogP) is 2.22. The van der Waals surface area contributed by atoms with Crippen molar-refractivity contribution < 1.29 is 4.74 Å². The molecule has 4 nitrogen and oxygen atoms in total. The lowest BCUT2D eigenvalue weighted by Crippen LogP contribution is -2.49. The zero-order valence-corrected chi connectivity index (χ0v) is 11.0. The van der Waals surface area contributed by atoms with Crippen LogP contribution in [0.1, 0.15) is 12.8 Å². The second-order valence-electron chi connectivity index (χ2n) is 4.71. The number of anilines is 1. The third-order valence-electron chi connectivity index (χ3n) is 3.51. The maximum atomic E-state index is 5.94. The maximum Gasteiger partial charge on any atom is 0.184 e. The van der Waals surface area contributed by atoms with Crippen LogP contribution in [0.4, 0.5) is 5.13 Å². The van der Waals surface area contributed by atoms with Crippen LogP contribution in [-0.4, -0.2) is 30.3 Å². The summed E-state index contributed by atoms with van der Waals surface area (Å²) in [5, 5.41) is 4.50. The summed E-state index contributed by atoms with van der Waals surface area (Å²) in [6.45, 7) is 2.16. The van der Waals surface area contributed by atoms with Crippen molar-refractivity contribution in [2.24, 2.45) is 5.73 Å². The summed E-state index contributed by atoms with van der Waals surface area (Å²) in [4.78, 5) is 4.61. The molecule has 1 aromatic heterocycles. The van der Waals surface area contributed by atoms with Crippen molar-refractivity contribution in [2.75, 3.05) is 25.1 Å². The summed E-state index contributed by atoms with van der Waals surface area (Å²) in [6.07, 6.45) is 1.89. The Bertz CT molecular complexity index is 501. The van der Waals surface area contributed by atoms with E-state index in [4.69, 9.17) is 10.5 Å². The molecule has 0 spiro atoms. The fourth-order valence-corrected chi connectivity index (χ4v) is 3.28. The number of aromatic nitrogens is 1. The van der Waals surface area contributed by atoms with Crippen LogP contribution in [0.5, 0.6) is 0 Å². The first kappa shape index (κ1) is 11.9. The molecule has 1 aliphatic rings. The van der Waals surface area contributed by atoms with E-state index >= 15 is 0 Å². The summed E-state index contributed by atoms with van der Waals surface area (Å²) in [5.74, 6) is 0. The molecule has 96 valence electrons. The van der Waals surface area contributed by atoms with Crippen molar-refractivity contribution in [1.29, 1.82) is 0 Å². The molecule has 0 amide bonds. The van der Waals surface area contributed by atoms with Crippen LogP contribution < -0.4 is 11.1 Å². The highest BCUT2D eigenvalue weighted by atomic mass is 32.1. The number of para-hydroxylation sites is 1. The molecule has 0 saturated carbocycles. The molecule has 2 heterocycles. The Hall–Kier alpha value is -1.17. The first-order valence-electron chi connectivity index (χ1n) is 6.23. The van der Waals surface area contributed by atoms with E-state index in [2.05, 4.69) is 16.4 Å². The van der Waals surface area contributed by atoms with Crippen molar-refractivity contribution in [1.82, 2.24) is 4.98 Å². The van der Waals surface area contributed by atoms with Gasteiger partial charge in [-0.1, -0.05) is 23.5 Å². The molecular formula is C13H17N3OS. The maximum absolute atomic E-state index is 5.94. The lowest BCUT2D eigenvalue weighted by molar-refractivity contribution is 0.0628. The zero-order chi connectivity index (χ0) is 12.4. The van der Waals surface area contributed by atoms with Gasteiger partial charge in [0.05, 0.1) is 15.8 Å². The fraction of sp³-hybridized carbons (Fsp3) is 0.462. The van der Waals surface area contributed by atoms with E-state index < -0.39 is 0 Å². The van der Waals surface area contributed by atoms with E-state index in [9.17, 15) is 0 Å². The summed E-state index contributed by atoms with van der Waals surface area (Å²) in [6, 6.07) is 8.18. The van der Waals surface area contributed by atoms with Gasteiger partial charge in [0, 0.05) is 19.8 Å². The van der Waals surface area contributed by atoms with Gasteiger partial charge in [-0.2, -0.15) is 0 Å². The van der Waals surface area contributed by atoms with E-state index in [-0.39, 0.29) is 5.54 Å². The van der Waals surface area contributed by atoms with Gasteiger partial charge in [-0.25, -0.2) is 4.98 Å². The van der Waals surface area contributed by atoms with Crippen molar-refractivity contribution in [3.8, 4) is 0 Å². The minimum absolute atomic E-state index is 0.0495. The summed E-state index contributed by atoms with van der Waals surface area (Å²) in [5.41, 5.74) is 6.94. The summed E-state index contributed by atoms with van der Waals surface area (Å²) in [7, 11) is 0. The third-order valence-corrected chi connectivity index (χ3v) is 4.46. The van der Waals surface area contributed by atoms with Gasteiger partial charge in [0.1, 0.15) is 0 Å². The minimum atomic E-state index is -0.0495. The Balaban J connectivity index is 1.85. The zero-order valence-electron chi connectivity index (χ0n) is 10.2. The van der Waals surface area contributed by atoms with Gasteiger partial charge in [-0.05, 0) is 25.0 Å². The molecule has 5 heteroatoms. The number of hydrogen-bond acceptors (Lipinski definition) is 5. The lowest BCUT2D eigenvalue weighted by Gasteiger charge is -2.36. The number of thiazole rings is 1. The van der Waals surface area contributed by atoms with Crippen LogP contribution >= 0.6 is 11.3 Å². The second-order valence-corrected chi connectivity index (χ2v) is 5.74. The molecule has 1 fully saturated rings. The van der Waals surface area contributed by atoms with Crippen LogP contribution in [0.25, 0.3) is 10.2 Å². The number of ether oxygens (including phenoxy) is 1. The average Bonchev–Trinajstić information content (AvgIpc) is 2.81. The van der Waals surface area contributed by atoms with Gasteiger partial charge < -0.3 is 15.8 Å². The number of rotatable bonds is 3. The van der Waals surface area contributed by atoms with E-state index in [1.54, 1.807) is 11.3 Å². The first-order valence-corrected chi connectivity index (χ1v) is 7.05. The topological polar surface area (TPSA) is 60.2 Å². The van der Waals surface area contributed by atoms with Crippen molar-refractivity contribution in [2.45, 2.75) is 18.4 Å². The van der Waals surface area contributed by atoms with E-state index in [1.165, 1.54) is 4.70 Å². The molecule has 2 aromatic rings. The summed E-state index contributed by atoms with van der Waals surface area (Å²) < 4.78 is 6.62. The molecule has 1 aliphatic heterocycles. The van der Waals surface area contributed by atoms with E-state index in [0.717, 1.165) is 36.7 Å². The van der Waals surface area contributed by atoms with E-state index in [0.29, 0.717) is 6.54 Å². The Morgan fingerprint density at radius 3 is 2.83 bits per heavy atom. The number of nitrogens with two attached hydrogens (primary N) is 1. The van der Waals surface area contributed by atoms with Gasteiger partial charge in [0.2, 0.25) is 0 Å². The number of benzene rings is 1. The molecule has 0 radical (unpaired) electrons. The number of nitrogens with zero attached hydrogens (tertiary/aromatic N) is 1. The van der Waals surface area contributed by atoms with Crippen LogP contribution in [0.3, 0.4) is 0 Å². The molecule has 3 rings (SSSR count). The molecule has 3 N–H and O–H groups in total. The smallest absolute Gasteiger partial charge is 0.184 e. The molecule has 1 aromatic carbocycles. The van der Waals surface area contributed by atoms with Gasteiger partial charge in [0.25, 0.3) is 0 Å². The Morgan fingerprint density at radius 1 is 1.33 bits per heavy atom. The molecule has 18 heavy (non-hydrogen) atoms. The first-order chi connectivity index (χ1) is 8.81. The summed E-state index contributed by atoms with van der Waals surface area (Å²) >= 11 is 1.69. The average molecular weight is 263 g/mol. The highest BCUT2D eigenvalue weighted by Crippen LogP contribution is 2.30. The molecular weight excluding hydrogens is 246 g/mol. The SMILES string of the molecule is NCC1(Nc2nc3ccccc3s2)CCOCC1. The molecule has 0 unspecified atom stereocenters. The lowest BCUT2D eigenvalue weighted by atomic mass is 9.90.